The first-order chi connectivity index (χ1) is 12.2. The Morgan fingerprint density at radius 1 is 0.960 bits per heavy atom. The first-order valence-corrected chi connectivity index (χ1v) is 9.65. The molecule has 1 aromatic rings. The summed E-state index contributed by atoms with van der Waals surface area (Å²) in [5.74, 6) is 0.128. The van der Waals surface area contributed by atoms with Crippen molar-refractivity contribution < 1.29 is 9.59 Å². The quantitative estimate of drug-likeness (QED) is 0.526. The maximum atomic E-state index is 12.3. The number of nitrogens with one attached hydrogen (secondary N) is 3. The summed E-state index contributed by atoms with van der Waals surface area (Å²) in [6.07, 6.45) is 9.76. The third kappa shape index (κ3) is 5.85. The number of hydrogen-bond acceptors (Lipinski definition) is 3. The van der Waals surface area contributed by atoms with Crippen molar-refractivity contribution in [3.8, 4) is 0 Å². The standard InChI is InChI=1S/C20H29N3O2/c24-19(22-13-12-21-17-7-3-1-2-4-8-17)16-6-5-9-18(14-16)23-20(25)15-10-11-15/h5-6,9,14-15,17,21H,1-4,7-8,10-13H2,(H,22,24)(H,23,25). The Morgan fingerprint density at radius 3 is 2.44 bits per heavy atom. The summed E-state index contributed by atoms with van der Waals surface area (Å²) in [4.78, 5) is 24.1. The van der Waals surface area contributed by atoms with Crippen LogP contribution in [0, 0.1) is 5.92 Å². The van der Waals surface area contributed by atoms with Crippen LogP contribution in [0.1, 0.15) is 61.7 Å². The van der Waals surface area contributed by atoms with Crippen LogP contribution >= 0.6 is 0 Å². The third-order valence-electron chi connectivity index (χ3n) is 5.04. The van der Waals surface area contributed by atoms with Gasteiger partial charge in [0.15, 0.2) is 0 Å². The molecule has 2 aliphatic rings. The molecule has 0 radical (unpaired) electrons. The molecule has 0 spiro atoms. The molecule has 0 saturated heterocycles. The van der Waals surface area contributed by atoms with Crippen molar-refractivity contribution in [2.45, 2.75) is 57.4 Å². The lowest BCUT2D eigenvalue weighted by Gasteiger charge is -2.16. The highest BCUT2D eigenvalue weighted by atomic mass is 16.2. The summed E-state index contributed by atoms with van der Waals surface area (Å²) in [5, 5.41) is 9.39. The molecule has 3 rings (SSSR count). The van der Waals surface area contributed by atoms with Crippen LogP contribution in [-0.4, -0.2) is 30.9 Å². The lowest BCUT2D eigenvalue weighted by molar-refractivity contribution is -0.117. The maximum absolute atomic E-state index is 12.3. The van der Waals surface area contributed by atoms with Gasteiger partial charge in [0, 0.05) is 36.3 Å². The van der Waals surface area contributed by atoms with Gasteiger partial charge < -0.3 is 16.0 Å². The number of carbonyl (C=O) groups is 2. The average Bonchev–Trinajstić information content (AvgIpc) is 3.46. The van der Waals surface area contributed by atoms with Gasteiger partial charge in [-0.25, -0.2) is 0 Å². The predicted molar refractivity (Wildman–Crippen MR) is 99.6 cm³/mol. The molecule has 0 atom stereocenters. The topological polar surface area (TPSA) is 70.2 Å². The van der Waals surface area contributed by atoms with Gasteiger partial charge in [0.2, 0.25) is 5.91 Å². The van der Waals surface area contributed by atoms with Crippen molar-refractivity contribution in [2.24, 2.45) is 5.92 Å². The Balaban J connectivity index is 1.40. The molecule has 5 nitrogen and oxygen atoms in total. The zero-order valence-electron chi connectivity index (χ0n) is 14.9. The van der Waals surface area contributed by atoms with Crippen LogP contribution < -0.4 is 16.0 Å². The normalized spacial score (nSPS) is 18.4. The largest absolute Gasteiger partial charge is 0.351 e. The molecule has 5 heteroatoms. The molecule has 136 valence electrons. The van der Waals surface area contributed by atoms with Crippen LogP contribution in [0.5, 0.6) is 0 Å². The van der Waals surface area contributed by atoms with E-state index in [1.165, 1.54) is 38.5 Å². The van der Waals surface area contributed by atoms with Crippen molar-refractivity contribution in [1.82, 2.24) is 10.6 Å². The molecule has 2 amide bonds. The van der Waals surface area contributed by atoms with E-state index < -0.39 is 0 Å². The lowest BCUT2D eigenvalue weighted by atomic mass is 10.1. The zero-order valence-corrected chi connectivity index (χ0v) is 14.9. The number of carbonyl (C=O) groups excluding carboxylic acids is 2. The minimum atomic E-state index is -0.0924. The van der Waals surface area contributed by atoms with E-state index in [0.717, 1.165) is 19.4 Å². The van der Waals surface area contributed by atoms with Gasteiger partial charge in [-0.2, -0.15) is 0 Å². The van der Waals surface area contributed by atoms with Gasteiger partial charge in [0.1, 0.15) is 0 Å². The lowest BCUT2D eigenvalue weighted by Crippen LogP contribution is -2.36. The molecule has 0 aliphatic heterocycles. The molecular formula is C20H29N3O2. The summed E-state index contributed by atoms with van der Waals surface area (Å²) in [6, 6.07) is 7.75. The summed E-state index contributed by atoms with van der Waals surface area (Å²) < 4.78 is 0. The first-order valence-electron chi connectivity index (χ1n) is 9.65. The fourth-order valence-corrected chi connectivity index (χ4v) is 3.37. The molecule has 2 saturated carbocycles. The van der Waals surface area contributed by atoms with E-state index in [9.17, 15) is 9.59 Å². The van der Waals surface area contributed by atoms with Crippen LogP contribution in [0.15, 0.2) is 24.3 Å². The third-order valence-corrected chi connectivity index (χ3v) is 5.04. The minimum Gasteiger partial charge on any atom is -0.351 e. The van der Waals surface area contributed by atoms with Crippen LogP contribution in [0.3, 0.4) is 0 Å². The van der Waals surface area contributed by atoms with E-state index in [1.54, 1.807) is 18.2 Å². The highest BCUT2D eigenvalue weighted by Gasteiger charge is 2.29. The zero-order chi connectivity index (χ0) is 17.5. The first kappa shape index (κ1) is 17.9. The highest BCUT2D eigenvalue weighted by molar-refractivity contribution is 5.98. The van der Waals surface area contributed by atoms with Crippen molar-refractivity contribution >= 4 is 17.5 Å². The van der Waals surface area contributed by atoms with Crippen molar-refractivity contribution in [1.29, 1.82) is 0 Å². The summed E-state index contributed by atoms with van der Waals surface area (Å²) in [7, 11) is 0. The van der Waals surface area contributed by atoms with Crippen molar-refractivity contribution in [3.63, 3.8) is 0 Å². The van der Waals surface area contributed by atoms with E-state index in [4.69, 9.17) is 0 Å². The van der Waals surface area contributed by atoms with Gasteiger partial charge >= 0.3 is 0 Å². The van der Waals surface area contributed by atoms with Gasteiger partial charge in [0.05, 0.1) is 0 Å². The van der Waals surface area contributed by atoms with Crippen LogP contribution in [-0.2, 0) is 4.79 Å². The second kappa shape index (κ2) is 8.99. The fourth-order valence-electron chi connectivity index (χ4n) is 3.37. The average molecular weight is 343 g/mol. The monoisotopic (exact) mass is 343 g/mol. The molecule has 0 unspecified atom stereocenters. The Labute approximate surface area is 150 Å². The number of anilines is 1. The Morgan fingerprint density at radius 2 is 1.72 bits per heavy atom. The highest BCUT2D eigenvalue weighted by Crippen LogP contribution is 2.30. The number of amides is 2. The maximum Gasteiger partial charge on any atom is 0.251 e. The Kier molecular flexibility index (Phi) is 6.45. The molecule has 3 N–H and O–H groups in total. The van der Waals surface area contributed by atoms with E-state index >= 15 is 0 Å². The molecule has 0 bridgehead atoms. The fraction of sp³-hybridized carbons (Fsp3) is 0.600. The second-order valence-electron chi connectivity index (χ2n) is 7.24. The SMILES string of the molecule is O=C(NCCNC1CCCCCC1)c1cccc(NC(=O)C2CC2)c1. The van der Waals surface area contributed by atoms with Gasteiger partial charge in [-0.15, -0.1) is 0 Å². The molecule has 25 heavy (non-hydrogen) atoms. The molecule has 0 aromatic heterocycles. The Bertz CT molecular complexity index is 590. The number of benzene rings is 1. The predicted octanol–water partition coefficient (Wildman–Crippen LogP) is 3.08. The van der Waals surface area contributed by atoms with Gasteiger partial charge in [0.25, 0.3) is 5.91 Å². The number of rotatable bonds is 7. The number of hydrogen-bond donors (Lipinski definition) is 3. The van der Waals surface area contributed by atoms with Crippen molar-refractivity contribution in [3.05, 3.63) is 29.8 Å². The van der Waals surface area contributed by atoms with Gasteiger partial charge in [-0.3, -0.25) is 9.59 Å². The molecule has 0 heterocycles. The summed E-state index contributed by atoms with van der Waals surface area (Å²) in [5.41, 5.74) is 1.28. The Hall–Kier alpha value is -1.88. The van der Waals surface area contributed by atoms with Crippen LogP contribution in [0.4, 0.5) is 5.69 Å². The van der Waals surface area contributed by atoms with E-state index in [2.05, 4.69) is 16.0 Å². The van der Waals surface area contributed by atoms with Gasteiger partial charge in [-0.05, 0) is 43.9 Å². The van der Waals surface area contributed by atoms with E-state index in [0.29, 0.717) is 23.8 Å². The minimum absolute atomic E-state index is 0.0603. The molecular weight excluding hydrogens is 314 g/mol. The van der Waals surface area contributed by atoms with Crippen molar-refractivity contribution in [2.75, 3.05) is 18.4 Å². The van der Waals surface area contributed by atoms with E-state index in [1.807, 2.05) is 6.07 Å². The van der Waals surface area contributed by atoms with Crippen LogP contribution in [0.25, 0.3) is 0 Å². The molecule has 2 fully saturated rings. The van der Waals surface area contributed by atoms with Crippen LogP contribution in [0.2, 0.25) is 0 Å². The summed E-state index contributed by atoms with van der Waals surface area (Å²) >= 11 is 0. The van der Waals surface area contributed by atoms with E-state index in [-0.39, 0.29) is 17.7 Å². The smallest absolute Gasteiger partial charge is 0.251 e. The second-order valence-corrected chi connectivity index (χ2v) is 7.24. The molecule has 1 aromatic carbocycles. The molecule has 2 aliphatic carbocycles. The summed E-state index contributed by atoms with van der Waals surface area (Å²) in [6.45, 7) is 1.42. The van der Waals surface area contributed by atoms with Gasteiger partial charge in [-0.1, -0.05) is 31.7 Å².